The molecule has 0 aliphatic rings. The topological polar surface area (TPSA) is 81.3 Å². The molecule has 32 heavy (non-hydrogen) atoms. The summed E-state index contributed by atoms with van der Waals surface area (Å²) in [4.78, 5) is 29.8. The summed E-state index contributed by atoms with van der Waals surface area (Å²) in [6.45, 7) is 3.71. The molecule has 0 radical (unpaired) electrons. The number of hydrogen-bond acceptors (Lipinski definition) is 5. The lowest BCUT2D eigenvalue weighted by Crippen LogP contribution is -2.28. The van der Waals surface area contributed by atoms with Crippen LogP contribution < -0.4 is 11.0 Å². The van der Waals surface area contributed by atoms with Gasteiger partial charge in [0.05, 0.1) is 10.2 Å². The minimum atomic E-state index is -0.420. The Kier molecular flexibility index (Phi) is 5.03. The fourth-order valence-electron chi connectivity index (χ4n) is 3.48. The number of benzene rings is 2. The number of aromatic nitrogens is 4. The van der Waals surface area contributed by atoms with Crippen LogP contribution in [0, 0.1) is 13.8 Å². The Hall–Kier alpha value is -3.49. The largest absolute Gasteiger partial charge is 0.352 e. The van der Waals surface area contributed by atoms with Crippen molar-refractivity contribution in [1.82, 2.24) is 19.2 Å². The average Bonchev–Trinajstić information content (AvgIpc) is 3.33. The number of nitrogens with zero attached hydrogens (tertiary/aromatic N) is 4. The van der Waals surface area contributed by atoms with Crippen molar-refractivity contribution in [3.63, 3.8) is 0 Å². The first-order chi connectivity index (χ1) is 15.4. The lowest BCUT2D eigenvalue weighted by atomic mass is 10.1. The van der Waals surface area contributed by atoms with Gasteiger partial charge in [-0.2, -0.15) is 0 Å². The third kappa shape index (κ3) is 3.57. The number of amides is 1. The molecule has 160 valence electrons. The van der Waals surface area contributed by atoms with Crippen molar-refractivity contribution < 1.29 is 4.79 Å². The van der Waals surface area contributed by atoms with Gasteiger partial charge in [0, 0.05) is 21.7 Å². The van der Waals surface area contributed by atoms with Crippen LogP contribution in [0.15, 0.2) is 59.0 Å². The van der Waals surface area contributed by atoms with Crippen molar-refractivity contribution in [2.45, 2.75) is 20.4 Å². The van der Waals surface area contributed by atoms with Gasteiger partial charge in [0.15, 0.2) is 5.65 Å². The molecular formula is C23H18ClN5O2S. The van der Waals surface area contributed by atoms with E-state index >= 15 is 0 Å². The molecule has 0 saturated heterocycles. The van der Waals surface area contributed by atoms with Crippen LogP contribution in [-0.2, 0) is 11.3 Å². The Bertz CT molecular complexity index is 1550. The number of carbonyl (C=O) groups excluding carboxylic acids is 1. The molecule has 0 fully saturated rings. The first-order valence-corrected chi connectivity index (χ1v) is 11.1. The van der Waals surface area contributed by atoms with Crippen LogP contribution in [-0.4, -0.2) is 25.1 Å². The Balaban J connectivity index is 1.48. The molecule has 0 atom stereocenters. The summed E-state index contributed by atoms with van der Waals surface area (Å²) >= 11 is 7.59. The van der Waals surface area contributed by atoms with Crippen LogP contribution in [0.1, 0.15) is 11.1 Å². The van der Waals surface area contributed by atoms with Crippen molar-refractivity contribution in [2.24, 2.45) is 0 Å². The van der Waals surface area contributed by atoms with Crippen LogP contribution in [0.3, 0.4) is 0 Å². The first kappa shape index (κ1) is 20.4. The second kappa shape index (κ2) is 7.89. The number of aryl methyl sites for hydroxylation is 2. The summed E-state index contributed by atoms with van der Waals surface area (Å²) in [5.41, 5.74) is 5.54. The molecule has 7 nitrogen and oxygen atoms in total. The van der Waals surface area contributed by atoms with Crippen molar-refractivity contribution >= 4 is 50.4 Å². The highest BCUT2D eigenvalue weighted by molar-refractivity contribution is 7.18. The Morgan fingerprint density at radius 3 is 2.69 bits per heavy atom. The number of anilines is 1. The Morgan fingerprint density at radius 1 is 1.16 bits per heavy atom. The number of thiophene rings is 1. The molecule has 2 aromatic carbocycles. The fraction of sp³-hybridized carbons (Fsp3) is 0.130. The van der Waals surface area contributed by atoms with Gasteiger partial charge in [-0.05, 0) is 37.1 Å². The number of rotatable bonds is 4. The van der Waals surface area contributed by atoms with E-state index in [4.69, 9.17) is 11.6 Å². The van der Waals surface area contributed by atoms with Crippen LogP contribution in [0.25, 0.3) is 27.0 Å². The summed E-state index contributed by atoms with van der Waals surface area (Å²) in [5, 5.41) is 9.75. The van der Waals surface area contributed by atoms with E-state index in [1.165, 1.54) is 27.6 Å². The normalized spacial score (nSPS) is 11.3. The zero-order valence-electron chi connectivity index (χ0n) is 17.3. The molecule has 0 spiro atoms. The molecule has 1 N–H and O–H groups in total. The molecular weight excluding hydrogens is 446 g/mol. The predicted octanol–water partition coefficient (Wildman–Crippen LogP) is 4.68. The number of fused-ring (bicyclic) bond motifs is 3. The Labute approximate surface area is 191 Å². The quantitative estimate of drug-likeness (QED) is 0.419. The maximum Gasteiger partial charge on any atom is 0.352 e. The van der Waals surface area contributed by atoms with Gasteiger partial charge in [0.2, 0.25) is 5.91 Å². The molecule has 0 saturated carbocycles. The summed E-state index contributed by atoms with van der Waals surface area (Å²) < 4.78 is 3.31. The zero-order chi connectivity index (χ0) is 22.4. The van der Waals surface area contributed by atoms with Crippen molar-refractivity contribution in [2.75, 3.05) is 5.32 Å². The zero-order valence-corrected chi connectivity index (χ0v) is 18.9. The summed E-state index contributed by atoms with van der Waals surface area (Å²) in [7, 11) is 0. The molecule has 0 unspecified atom stereocenters. The molecule has 5 aromatic rings. The van der Waals surface area contributed by atoms with E-state index in [2.05, 4.69) is 39.7 Å². The molecule has 0 bridgehead atoms. The van der Waals surface area contributed by atoms with Gasteiger partial charge >= 0.3 is 5.69 Å². The molecule has 3 aromatic heterocycles. The third-order valence-corrected chi connectivity index (χ3v) is 6.62. The number of carbonyl (C=O) groups is 1. The minimum Gasteiger partial charge on any atom is -0.324 e. The predicted molar refractivity (Wildman–Crippen MR) is 128 cm³/mol. The van der Waals surface area contributed by atoms with Gasteiger partial charge in [-0.15, -0.1) is 16.4 Å². The van der Waals surface area contributed by atoms with Crippen LogP contribution >= 0.6 is 22.9 Å². The van der Waals surface area contributed by atoms with Gasteiger partial charge in [-0.1, -0.05) is 47.5 Å². The smallest absolute Gasteiger partial charge is 0.324 e. The second-order valence-corrected chi connectivity index (χ2v) is 8.87. The maximum atomic E-state index is 12.8. The number of hydrogen-bond donors (Lipinski definition) is 1. The molecule has 0 aliphatic carbocycles. The molecule has 5 rings (SSSR count). The van der Waals surface area contributed by atoms with Gasteiger partial charge in [0.25, 0.3) is 0 Å². The van der Waals surface area contributed by atoms with Crippen molar-refractivity contribution in [3.05, 3.63) is 80.8 Å². The molecule has 3 heterocycles. The minimum absolute atomic E-state index is 0.219. The third-order valence-electron chi connectivity index (χ3n) is 5.25. The highest BCUT2D eigenvalue weighted by atomic mass is 35.5. The summed E-state index contributed by atoms with van der Waals surface area (Å²) in [6, 6.07) is 13.5. The number of nitrogens with one attached hydrogen (secondary N) is 1. The van der Waals surface area contributed by atoms with E-state index in [0.29, 0.717) is 16.4 Å². The number of halogens is 1. The van der Waals surface area contributed by atoms with E-state index in [1.54, 1.807) is 12.1 Å². The molecule has 1 amide bonds. The van der Waals surface area contributed by atoms with Crippen LogP contribution in [0.4, 0.5) is 5.69 Å². The Morgan fingerprint density at radius 2 is 1.94 bits per heavy atom. The summed E-state index contributed by atoms with van der Waals surface area (Å²) in [6.07, 6.45) is 1.46. The monoisotopic (exact) mass is 463 g/mol. The highest BCUT2D eigenvalue weighted by Crippen LogP contribution is 2.34. The van der Waals surface area contributed by atoms with Gasteiger partial charge in [-0.3, -0.25) is 4.79 Å². The molecule has 9 heteroatoms. The van der Waals surface area contributed by atoms with Gasteiger partial charge in [0.1, 0.15) is 12.9 Å². The SMILES string of the molecule is Cc1ccc(-c2csc3c2ncn2c(=O)n(CC(=O)Nc4ccc(C)c(Cl)c4)nc32)cc1. The fourth-order valence-corrected chi connectivity index (χ4v) is 4.66. The van der Waals surface area contributed by atoms with Crippen molar-refractivity contribution in [3.8, 4) is 11.1 Å². The lowest BCUT2D eigenvalue weighted by Gasteiger charge is -2.06. The van der Waals surface area contributed by atoms with E-state index in [-0.39, 0.29) is 12.5 Å². The molecule has 0 aliphatic heterocycles. The van der Waals surface area contributed by atoms with Gasteiger partial charge < -0.3 is 5.32 Å². The van der Waals surface area contributed by atoms with Gasteiger partial charge in [-0.25, -0.2) is 18.9 Å². The maximum absolute atomic E-state index is 12.8. The van der Waals surface area contributed by atoms with Crippen molar-refractivity contribution in [1.29, 1.82) is 0 Å². The van der Waals surface area contributed by atoms with E-state index in [9.17, 15) is 9.59 Å². The summed E-state index contributed by atoms with van der Waals surface area (Å²) in [5.74, 6) is -0.369. The van der Waals surface area contributed by atoms with Crippen LogP contribution in [0.2, 0.25) is 5.02 Å². The highest BCUT2D eigenvalue weighted by Gasteiger charge is 2.17. The van der Waals surface area contributed by atoms with E-state index < -0.39 is 5.69 Å². The lowest BCUT2D eigenvalue weighted by molar-refractivity contribution is -0.117. The van der Waals surface area contributed by atoms with E-state index in [1.807, 2.05) is 25.3 Å². The first-order valence-electron chi connectivity index (χ1n) is 9.89. The standard InChI is InChI=1S/C23H18ClN5O2S/c1-13-3-6-15(7-4-13)17-11-32-21-20(17)25-12-28-22(21)27-29(23(28)31)10-19(30)26-16-8-5-14(2)18(24)9-16/h3-9,11-12H,10H2,1-2H3,(H,26,30). The van der Waals surface area contributed by atoms with Crippen LogP contribution in [0.5, 0.6) is 0 Å². The second-order valence-electron chi connectivity index (χ2n) is 7.58. The van der Waals surface area contributed by atoms with E-state index in [0.717, 1.165) is 31.6 Å². The average molecular weight is 464 g/mol.